The second-order valence-electron chi connectivity index (χ2n) is 3.20. The van der Waals surface area contributed by atoms with Crippen LogP contribution >= 0.6 is 0 Å². The first-order chi connectivity index (χ1) is 7.16. The smallest absolute Gasteiger partial charge is 0.284 e. The second kappa shape index (κ2) is 3.53. The highest BCUT2D eigenvalue weighted by Gasteiger charge is 2.07. The number of primary amides is 1. The Bertz CT molecular complexity index is 504. The van der Waals surface area contributed by atoms with Crippen molar-refractivity contribution in [1.29, 1.82) is 0 Å². The van der Waals surface area contributed by atoms with Gasteiger partial charge in [0.2, 0.25) is 0 Å². The summed E-state index contributed by atoms with van der Waals surface area (Å²) < 4.78 is 0. The molecule has 0 saturated heterocycles. The number of hydrogen-bond acceptors (Lipinski definition) is 3. The quantitative estimate of drug-likeness (QED) is 0.758. The number of nitrogens with two attached hydrogens (primary N) is 1. The molecule has 3 N–H and O–H groups in total. The van der Waals surface area contributed by atoms with Crippen LogP contribution < -0.4 is 5.73 Å². The lowest BCUT2D eigenvalue weighted by Gasteiger charge is -1.97. The van der Waals surface area contributed by atoms with Crippen molar-refractivity contribution >= 4 is 5.91 Å². The number of carbonyl (C=O) groups is 1. The van der Waals surface area contributed by atoms with Gasteiger partial charge in [-0.2, -0.15) is 0 Å². The van der Waals surface area contributed by atoms with Crippen LogP contribution in [0.1, 0.15) is 16.3 Å². The summed E-state index contributed by atoms with van der Waals surface area (Å²) in [6.07, 6.45) is 3.28. The van der Waals surface area contributed by atoms with E-state index in [1.54, 1.807) is 12.4 Å². The Morgan fingerprint density at radius 3 is 2.87 bits per heavy atom. The zero-order valence-corrected chi connectivity index (χ0v) is 8.19. The molecule has 2 aromatic rings. The van der Waals surface area contributed by atoms with E-state index in [0.717, 1.165) is 17.0 Å². The number of H-pyrrole nitrogens is 1. The molecule has 0 aliphatic carbocycles. The van der Waals surface area contributed by atoms with Gasteiger partial charge in [-0.05, 0) is 19.1 Å². The number of rotatable bonds is 2. The van der Waals surface area contributed by atoms with Crippen molar-refractivity contribution in [1.82, 2.24) is 15.0 Å². The Labute approximate surface area is 86.4 Å². The maximum Gasteiger partial charge on any atom is 0.284 e. The minimum Gasteiger partial charge on any atom is -0.363 e. The fraction of sp³-hybridized carbons (Fsp3) is 0.100. The van der Waals surface area contributed by atoms with Crippen LogP contribution in [0.3, 0.4) is 0 Å². The standard InChI is InChI=1S/C10H10N4O/c1-6-4-7(2-3-12-6)8-5-13-10(14-8)9(11)15/h2-5H,1H3,(H2,11,15)(H,13,14). The van der Waals surface area contributed by atoms with Crippen LogP contribution in [-0.2, 0) is 0 Å². The first-order valence-electron chi connectivity index (χ1n) is 4.44. The molecule has 5 nitrogen and oxygen atoms in total. The Balaban J connectivity index is 2.41. The summed E-state index contributed by atoms with van der Waals surface area (Å²) in [5, 5.41) is 0. The molecular weight excluding hydrogens is 192 g/mol. The van der Waals surface area contributed by atoms with Gasteiger partial charge in [-0.15, -0.1) is 0 Å². The summed E-state index contributed by atoms with van der Waals surface area (Å²) in [7, 11) is 0. The van der Waals surface area contributed by atoms with Crippen molar-refractivity contribution < 1.29 is 4.79 Å². The van der Waals surface area contributed by atoms with Gasteiger partial charge in [0.15, 0.2) is 5.82 Å². The molecule has 0 atom stereocenters. The van der Waals surface area contributed by atoms with Crippen LogP contribution in [0.2, 0.25) is 0 Å². The van der Waals surface area contributed by atoms with Crippen molar-refractivity contribution in [3.63, 3.8) is 0 Å². The lowest BCUT2D eigenvalue weighted by Crippen LogP contribution is -2.12. The lowest BCUT2D eigenvalue weighted by molar-refractivity contribution is 0.0991. The number of amides is 1. The van der Waals surface area contributed by atoms with Gasteiger partial charge in [0, 0.05) is 17.5 Å². The van der Waals surface area contributed by atoms with Crippen LogP contribution in [-0.4, -0.2) is 20.9 Å². The van der Waals surface area contributed by atoms with Crippen molar-refractivity contribution in [2.45, 2.75) is 6.92 Å². The molecule has 0 spiro atoms. The summed E-state index contributed by atoms with van der Waals surface area (Å²) >= 11 is 0. The van der Waals surface area contributed by atoms with Crippen LogP contribution in [0.4, 0.5) is 0 Å². The summed E-state index contributed by atoms with van der Waals surface area (Å²) in [5.74, 6) is -0.397. The largest absolute Gasteiger partial charge is 0.363 e. The van der Waals surface area contributed by atoms with Gasteiger partial charge in [0.1, 0.15) is 0 Å². The molecule has 0 fully saturated rings. The molecule has 2 heterocycles. The van der Waals surface area contributed by atoms with E-state index in [2.05, 4.69) is 15.0 Å². The van der Waals surface area contributed by atoms with Crippen molar-refractivity contribution in [3.8, 4) is 11.3 Å². The second-order valence-corrected chi connectivity index (χ2v) is 3.20. The van der Waals surface area contributed by atoms with E-state index in [1.807, 2.05) is 19.1 Å². The van der Waals surface area contributed by atoms with Gasteiger partial charge >= 0.3 is 0 Å². The van der Waals surface area contributed by atoms with E-state index in [4.69, 9.17) is 5.73 Å². The zero-order valence-electron chi connectivity index (χ0n) is 8.19. The molecule has 0 bridgehead atoms. The average Bonchev–Trinajstić information content (AvgIpc) is 2.66. The zero-order chi connectivity index (χ0) is 10.8. The Morgan fingerprint density at radius 1 is 1.47 bits per heavy atom. The molecule has 76 valence electrons. The third kappa shape index (κ3) is 1.85. The third-order valence-corrected chi connectivity index (χ3v) is 2.02. The molecule has 1 amide bonds. The number of nitrogens with zero attached hydrogens (tertiary/aromatic N) is 2. The molecule has 0 aromatic carbocycles. The highest BCUT2D eigenvalue weighted by atomic mass is 16.1. The predicted molar refractivity (Wildman–Crippen MR) is 55.1 cm³/mol. The monoisotopic (exact) mass is 202 g/mol. The number of carbonyl (C=O) groups excluding carboxylic acids is 1. The number of aromatic amines is 1. The Kier molecular flexibility index (Phi) is 2.21. The Morgan fingerprint density at radius 2 is 2.27 bits per heavy atom. The van der Waals surface area contributed by atoms with E-state index >= 15 is 0 Å². The maximum absolute atomic E-state index is 10.8. The molecule has 15 heavy (non-hydrogen) atoms. The first-order valence-corrected chi connectivity index (χ1v) is 4.44. The minimum absolute atomic E-state index is 0.166. The van der Waals surface area contributed by atoms with Crippen LogP contribution in [0.25, 0.3) is 11.3 Å². The molecule has 0 aliphatic heterocycles. The highest BCUT2D eigenvalue weighted by molar-refractivity contribution is 5.89. The van der Waals surface area contributed by atoms with Crippen molar-refractivity contribution in [2.24, 2.45) is 5.73 Å². The fourth-order valence-electron chi connectivity index (χ4n) is 1.31. The SMILES string of the molecule is Cc1cc(-c2cnc(C(N)=O)[nH]2)ccn1. The minimum atomic E-state index is -0.563. The summed E-state index contributed by atoms with van der Waals surface area (Å²) in [6.45, 7) is 1.90. The fourth-order valence-corrected chi connectivity index (χ4v) is 1.31. The third-order valence-electron chi connectivity index (χ3n) is 2.02. The van der Waals surface area contributed by atoms with Crippen LogP contribution in [0.5, 0.6) is 0 Å². The van der Waals surface area contributed by atoms with E-state index in [-0.39, 0.29) is 5.82 Å². The topological polar surface area (TPSA) is 84.7 Å². The Hall–Kier alpha value is -2.17. The van der Waals surface area contributed by atoms with Gasteiger partial charge in [0.05, 0.1) is 11.9 Å². The van der Waals surface area contributed by atoms with Crippen LogP contribution in [0, 0.1) is 6.92 Å². The van der Waals surface area contributed by atoms with Gasteiger partial charge in [-0.3, -0.25) is 9.78 Å². The first kappa shape index (κ1) is 9.39. The number of aromatic nitrogens is 3. The summed E-state index contributed by atoms with van der Waals surface area (Å²) in [4.78, 5) is 21.6. The number of imidazole rings is 1. The predicted octanol–water partition coefficient (Wildman–Crippen LogP) is 0.879. The molecule has 5 heteroatoms. The molecule has 2 aromatic heterocycles. The van der Waals surface area contributed by atoms with Gasteiger partial charge in [-0.1, -0.05) is 0 Å². The number of aryl methyl sites for hydroxylation is 1. The molecular formula is C10H10N4O. The molecule has 0 saturated carbocycles. The van der Waals surface area contributed by atoms with E-state index < -0.39 is 5.91 Å². The average molecular weight is 202 g/mol. The van der Waals surface area contributed by atoms with Crippen molar-refractivity contribution in [2.75, 3.05) is 0 Å². The highest BCUT2D eigenvalue weighted by Crippen LogP contribution is 2.16. The molecule has 0 aliphatic rings. The summed E-state index contributed by atoms with van der Waals surface area (Å²) in [5.41, 5.74) is 7.69. The number of pyridine rings is 1. The van der Waals surface area contributed by atoms with Gasteiger partial charge in [0.25, 0.3) is 5.91 Å². The van der Waals surface area contributed by atoms with Crippen molar-refractivity contribution in [3.05, 3.63) is 36.0 Å². The van der Waals surface area contributed by atoms with E-state index in [9.17, 15) is 4.79 Å². The van der Waals surface area contributed by atoms with E-state index in [1.165, 1.54) is 0 Å². The van der Waals surface area contributed by atoms with Crippen LogP contribution in [0.15, 0.2) is 24.5 Å². The lowest BCUT2D eigenvalue weighted by atomic mass is 10.2. The normalized spacial score (nSPS) is 10.2. The van der Waals surface area contributed by atoms with E-state index in [0.29, 0.717) is 0 Å². The summed E-state index contributed by atoms with van der Waals surface area (Å²) in [6, 6.07) is 3.74. The maximum atomic E-state index is 10.8. The molecule has 0 radical (unpaired) electrons. The van der Waals surface area contributed by atoms with Gasteiger partial charge in [-0.25, -0.2) is 4.98 Å². The number of nitrogens with one attached hydrogen (secondary N) is 1. The molecule has 0 unspecified atom stereocenters. The molecule has 2 rings (SSSR count). The van der Waals surface area contributed by atoms with Gasteiger partial charge < -0.3 is 10.7 Å². The number of hydrogen-bond donors (Lipinski definition) is 2.